The molecule has 1 aromatic heterocycles. The number of nitro benzene ring substituents is 1. The summed E-state index contributed by atoms with van der Waals surface area (Å²) in [5.74, 6) is -0.196. The van der Waals surface area contributed by atoms with Crippen LogP contribution < -0.4 is 4.74 Å². The lowest BCUT2D eigenvalue weighted by atomic mass is 10.1. The van der Waals surface area contributed by atoms with E-state index in [0.29, 0.717) is 22.3 Å². The second kappa shape index (κ2) is 8.45. The van der Waals surface area contributed by atoms with E-state index in [0.717, 1.165) is 11.1 Å². The topological polar surface area (TPSA) is 85.2 Å². The van der Waals surface area contributed by atoms with Crippen molar-refractivity contribution < 1.29 is 14.5 Å². The molecule has 0 aliphatic rings. The van der Waals surface area contributed by atoms with Gasteiger partial charge in [0.15, 0.2) is 5.75 Å². The van der Waals surface area contributed by atoms with Crippen molar-refractivity contribution in [2.24, 2.45) is 0 Å². The molecule has 0 fully saturated rings. The third-order valence-corrected chi connectivity index (χ3v) is 5.04. The second-order valence-corrected chi connectivity index (χ2v) is 7.27. The largest absolute Gasteiger partial charge is 0.424 e. The van der Waals surface area contributed by atoms with Crippen molar-refractivity contribution in [1.29, 1.82) is 0 Å². The molecule has 0 aliphatic carbocycles. The van der Waals surface area contributed by atoms with Crippen molar-refractivity contribution in [3.63, 3.8) is 0 Å². The maximum atomic E-state index is 11.8. The summed E-state index contributed by atoms with van der Waals surface area (Å²) < 4.78 is 5.50. The molecular formula is C24H17ClN2O4. The van der Waals surface area contributed by atoms with Crippen LogP contribution in [0.2, 0.25) is 0 Å². The predicted octanol–water partition coefficient (Wildman–Crippen LogP) is 6.41. The number of nitro groups is 1. The number of aromatic nitrogens is 1. The van der Waals surface area contributed by atoms with Gasteiger partial charge in [0, 0.05) is 23.9 Å². The summed E-state index contributed by atoms with van der Waals surface area (Å²) in [7, 11) is 0. The van der Waals surface area contributed by atoms with E-state index in [1.54, 1.807) is 12.1 Å². The fourth-order valence-electron chi connectivity index (χ4n) is 3.38. The van der Waals surface area contributed by atoms with Crippen molar-refractivity contribution in [2.45, 2.75) is 6.92 Å². The number of rotatable bonds is 5. The van der Waals surface area contributed by atoms with E-state index in [1.165, 1.54) is 13.0 Å². The van der Waals surface area contributed by atoms with Crippen LogP contribution >= 0.6 is 11.6 Å². The average Bonchev–Trinajstić information content (AvgIpc) is 3.11. The SMILES string of the molecule is CC(=O)Oc1c(-c2ccccc2)[nH]c2cc([N+](=O)[O-])c(/C(Cl)=C/c3ccccc3)cc12. The van der Waals surface area contributed by atoms with Gasteiger partial charge in [-0.3, -0.25) is 14.9 Å². The summed E-state index contributed by atoms with van der Waals surface area (Å²) in [6.07, 6.45) is 1.66. The van der Waals surface area contributed by atoms with Crippen molar-refractivity contribution >= 4 is 45.3 Å². The number of esters is 1. The number of hydrogen-bond donors (Lipinski definition) is 1. The third kappa shape index (κ3) is 4.20. The molecule has 7 heteroatoms. The summed E-state index contributed by atoms with van der Waals surface area (Å²) in [5.41, 5.74) is 2.69. The Morgan fingerprint density at radius 2 is 1.71 bits per heavy atom. The van der Waals surface area contributed by atoms with Gasteiger partial charge in [-0.05, 0) is 17.7 Å². The highest BCUT2D eigenvalue weighted by Gasteiger charge is 2.23. The lowest BCUT2D eigenvalue weighted by Crippen LogP contribution is -2.02. The van der Waals surface area contributed by atoms with E-state index in [-0.39, 0.29) is 16.3 Å². The van der Waals surface area contributed by atoms with Crippen LogP contribution in [0.5, 0.6) is 5.75 Å². The first-order valence-electron chi connectivity index (χ1n) is 9.44. The van der Waals surface area contributed by atoms with E-state index < -0.39 is 10.9 Å². The molecule has 154 valence electrons. The lowest BCUT2D eigenvalue weighted by molar-refractivity contribution is -0.385. The zero-order valence-electron chi connectivity index (χ0n) is 16.5. The van der Waals surface area contributed by atoms with Gasteiger partial charge >= 0.3 is 5.97 Å². The van der Waals surface area contributed by atoms with Gasteiger partial charge in [-0.25, -0.2) is 0 Å². The smallest absolute Gasteiger partial charge is 0.308 e. The molecule has 0 bridgehead atoms. The number of aromatic amines is 1. The molecule has 1 N–H and O–H groups in total. The Bertz CT molecular complexity index is 1310. The number of halogens is 1. The summed E-state index contributed by atoms with van der Waals surface area (Å²) in [6, 6.07) is 21.5. The molecule has 4 aromatic rings. The fraction of sp³-hybridized carbons (Fsp3) is 0.0417. The summed E-state index contributed by atoms with van der Waals surface area (Å²) >= 11 is 6.51. The van der Waals surface area contributed by atoms with Crippen LogP contribution in [0.15, 0.2) is 72.8 Å². The molecule has 3 aromatic carbocycles. The molecule has 0 amide bonds. The van der Waals surface area contributed by atoms with Gasteiger partial charge < -0.3 is 9.72 Å². The molecule has 0 spiro atoms. The number of H-pyrrole nitrogens is 1. The van der Waals surface area contributed by atoms with E-state index in [2.05, 4.69) is 4.98 Å². The molecule has 6 nitrogen and oxygen atoms in total. The van der Waals surface area contributed by atoms with Crippen LogP contribution in [0.1, 0.15) is 18.1 Å². The normalized spacial score (nSPS) is 11.5. The first-order chi connectivity index (χ1) is 14.9. The van der Waals surface area contributed by atoms with Gasteiger partial charge in [0.1, 0.15) is 0 Å². The molecule has 0 radical (unpaired) electrons. The van der Waals surface area contributed by atoms with E-state index >= 15 is 0 Å². The molecule has 0 saturated carbocycles. The van der Waals surface area contributed by atoms with Gasteiger partial charge in [0.2, 0.25) is 0 Å². The Labute approximate surface area is 182 Å². The second-order valence-electron chi connectivity index (χ2n) is 6.86. The minimum absolute atomic E-state index is 0.153. The number of nitrogens with zero attached hydrogens (tertiary/aromatic N) is 1. The van der Waals surface area contributed by atoms with E-state index in [9.17, 15) is 14.9 Å². The van der Waals surface area contributed by atoms with Gasteiger partial charge in [0.05, 0.1) is 26.7 Å². The Balaban J connectivity index is 1.97. The summed E-state index contributed by atoms with van der Waals surface area (Å²) in [6.45, 7) is 1.31. The number of carbonyl (C=O) groups excluding carboxylic acids is 1. The molecule has 0 saturated heterocycles. The molecule has 1 heterocycles. The maximum absolute atomic E-state index is 11.8. The number of benzene rings is 3. The Kier molecular flexibility index (Phi) is 5.56. The minimum atomic E-state index is -0.496. The van der Waals surface area contributed by atoms with Crippen molar-refractivity contribution in [3.8, 4) is 17.0 Å². The monoisotopic (exact) mass is 432 g/mol. The highest BCUT2D eigenvalue weighted by molar-refractivity contribution is 6.51. The van der Waals surface area contributed by atoms with Crippen molar-refractivity contribution in [2.75, 3.05) is 0 Å². The fourth-order valence-corrected chi connectivity index (χ4v) is 3.66. The van der Waals surface area contributed by atoms with E-state index in [4.69, 9.17) is 16.3 Å². The number of fused-ring (bicyclic) bond motifs is 1. The number of hydrogen-bond acceptors (Lipinski definition) is 4. The molecule has 0 aliphatic heterocycles. The van der Waals surface area contributed by atoms with Gasteiger partial charge in [0.25, 0.3) is 5.69 Å². The Hall–Kier alpha value is -3.90. The number of carbonyl (C=O) groups is 1. The molecule has 4 rings (SSSR count). The maximum Gasteiger partial charge on any atom is 0.308 e. The highest BCUT2D eigenvalue weighted by Crippen LogP contribution is 2.42. The summed E-state index contributed by atoms with van der Waals surface area (Å²) in [4.78, 5) is 26.2. The number of ether oxygens (including phenoxy) is 1. The standard InChI is InChI=1S/C24H17ClN2O4/c1-15(28)31-24-19-13-18(20(25)12-16-8-4-2-5-9-16)22(27(29)30)14-21(19)26-23(24)17-10-6-3-7-11-17/h2-14,26H,1H3/b20-12-. The van der Waals surface area contributed by atoms with Crippen molar-refractivity contribution in [3.05, 3.63) is 94.0 Å². The zero-order chi connectivity index (χ0) is 22.0. The zero-order valence-corrected chi connectivity index (χ0v) is 17.2. The van der Waals surface area contributed by atoms with Crippen LogP contribution in [-0.4, -0.2) is 15.9 Å². The highest BCUT2D eigenvalue weighted by atomic mass is 35.5. The number of nitrogens with one attached hydrogen (secondary N) is 1. The van der Waals surface area contributed by atoms with E-state index in [1.807, 2.05) is 60.7 Å². The molecule has 0 unspecified atom stereocenters. The Morgan fingerprint density at radius 1 is 1.06 bits per heavy atom. The van der Waals surface area contributed by atoms with Crippen LogP contribution in [0.3, 0.4) is 0 Å². The summed E-state index contributed by atoms with van der Waals surface area (Å²) in [5, 5.41) is 12.5. The van der Waals surface area contributed by atoms with Gasteiger partial charge in [-0.2, -0.15) is 0 Å². The lowest BCUT2D eigenvalue weighted by Gasteiger charge is -2.06. The Morgan fingerprint density at radius 3 is 2.32 bits per heavy atom. The van der Waals surface area contributed by atoms with Crippen LogP contribution in [0.25, 0.3) is 33.3 Å². The van der Waals surface area contributed by atoms with Crippen LogP contribution in [0, 0.1) is 10.1 Å². The first-order valence-corrected chi connectivity index (χ1v) is 9.82. The van der Waals surface area contributed by atoms with Gasteiger partial charge in [-0.15, -0.1) is 0 Å². The average molecular weight is 433 g/mol. The van der Waals surface area contributed by atoms with Crippen LogP contribution in [-0.2, 0) is 4.79 Å². The minimum Gasteiger partial charge on any atom is -0.424 e. The molecular weight excluding hydrogens is 416 g/mol. The molecule has 0 atom stereocenters. The molecule has 31 heavy (non-hydrogen) atoms. The van der Waals surface area contributed by atoms with Crippen molar-refractivity contribution in [1.82, 2.24) is 4.98 Å². The van der Waals surface area contributed by atoms with Gasteiger partial charge in [-0.1, -0.05) is 72.3 Å². The first kappa shape index (κ1) is 20.4. The predicted molar refractivity (Wildman–Crippen MR) is 122 cm³/mol. The quantitative estimate of drug-likeness (QED) is 0.171. The van der Waals surface area contributed by atoms with Crippen LogP contribution in [0.4, 0.5) is 5.69 Å². The third-order valence-electron chi connectivity index (χ3n) is 4.72.